The van der Waals surface area contributed by atoms with Crippen molar-refractivity contribution in [2.45, 2.75) is 5.92 Å². The van der Waals surface area contributed by atoms with Crippen LogP contribution in [0, 0.1) is 21.4 Å². The van der Waals surface area contributed by atoms with E-state index in [2.05, 4.69) is 11.1 Å². The first-order valence-corrected chi connectivity index (χ1v) is 8.61. The van der Waals surface area contributed by atoms with Crippen LogP contribution < -0.4 is 5.11 Å². The van der Waals surface area contributed by atoms with Gasteiger partial charge in [-0.1, -0.05) is 59.8 Å². The van der Waals surface area contributed by atoms with Gasteiger partial charge < -0.3 is 5.11 Å². The van der Waals surface area contributed by atoms with Gasteiger partial charge >= 0.3 is 0 Å². The molecule has 1 atom stereocenters. The smallest absolute Gasteiger partial charge is 0.270 e. The van der Waals surface area contributed by atoms with Crippen molar-refractivity contribution in [3.05, 3.63) is 98.6 Å². The van der Waals surface area contributed by atoms with Crippen LogP contribution in [-0.4, -0.2) is 11.1 Å². The van der Waals surface area contributed by atoms with Crippen molar-refractivity contribution in [1.82, 2.24) is 0 Å². The van der Waals surface area contributed by atoms with Crippen molar-refractivity contribution in [1.29, 1.82) is 5.26 Å². The van der Waals surface area contributed by atoms with E-state index in [1.165, 1.54) is 12.3 Å². The molecule has 6 nitrogen and oxygen atoms in total. The Kier molecular flexibility index (Phi) is 5.68. The Morgan fingerprint density at radius 2 is 1.86 bits per heavy atom. The fourth-order valence-electron chi connectivity index (χ4n) is 2.69. The summed E-state index contributed by atoms with van der Waals surface area (Å²) in [6, 6.07) is 20.0. The van der Waals surface area contributed by atoms with E-state index in [0.717, 1.165) is 17.7 Å². The summed E-state index contributed by atoms with van der Waals surface area (Å²) in [6.07, 6.45) is 1.26. The molecule has 0 fully saturated rings. The van der Waals surface area contributed by atoms with Crippen LogP contribution in [0.1, 0.15) is 22.6 Å². The van der Waals surface area contributed by atoms with Gasteiger partial charge in [0, 0.05) is 23.4 Å². The number of benzene rings is 3. The van der Waals surface area contributed by atoms with Crippen LogP contribution in [0.15, 0.2) is 71.7 Å². The second kappa shape index (κ2) is 8.33. The summed E-state index contributed by atoms with van der Waals surface area (Å²) in [6.45, 7) is 0. The van der Waals surface area contributed by atoms with Crippen LogP contribution in [0.3, 0.4) is 0 Å². The van der Waals surface area contributed by atoms with E-state index < -0.39 is 10.8 Å². The minimum atomic E-state index is -0.575. The molecule has 3 aromatic rings. The standard InChI is InChI=1S/C21H14ClN3O3/c22-20-11-16(24-13-15-10-17(25(27)28)7-9-21(15)26)6-8-18(20)19(12-23)14-4-2-1-3-5-14/h1-11,13,19,26H/p-1/t19-/m0/s1. The van der Waals surface area contributed by atoms with Crippen molar-refractivity contribution in [2.75, 3.05) is 0 Å². The van der Waals surface area contributed by atoms with Crippen LogP contribution in [-0.2, 0) is 0 Å². The van der Waals surface area contributed by atoms with Gasteiger partial charge in [0.25, 0.3) is 5.69 Å². The second-order valence-corrected chi connectivity index (χ2v) is 6.32. The van der Waals surface area contributed by atoms with Crippen molar-refractivity contribution in [3.63, 3.8) is 0 Å². The van der Waals surface area contributed by atoms with E-state index >= 15 is 0 Å². The van der Waals surface area contributed by atoms with Gasteiger partial charge in [0.15, 0.2) is 0 Å². The lowest BCUT2D eigenvalue weighted by molar-refractivity contribution is -0.385. The Bertz CT molecular complexity index is 1090. The number of nitrogens with zero attached hydrogens (tertiary/aromatic N) is 3. The van der Waals surface area contributed by atoms with Crippen molar-refractivity contribution in [2.24, 2.45) is 4.99 Å². The van der Waals surface area contributed by atoms with Crippen molar-refractivity contribution >= 4 is 29.2 Å². The summed E-state index contributed by atoms with van der Waals surface area (Å²) in [5, 5.41) is 32.6. The summed E-state index contributed by atoms with van der Waals surface area (Å²) in [5.74, 6) is -0.887. The third-order valence-corrected chi connectivity index (χ3v) is 4.44. The molecule has 7 heteroatoms. The number of nitriles is 1. The van der Waals surface area contributed by atoms with Crippen LogP contribution in [0.4, 0.5) is 11.4 Å². The number of rotatable bonds is 5. The molecule has 0 aliphatic heterocycles. The molecule has 138 valence electrons. The number of aliphatic imine (C=N–C) groups is 1. The lowest BCUT2D eigenvalue weighted by Gasteiger charge is -2.12. The predicted molar refractivity (Wildman–Crippen MR) is 105 cm³/mol. The van der Waals surface area contributed by atoms with E-state index in [1.807, 2.05) is 30.3 Å². The highest BCUT2D eigenvalue weighted by Crippen LogP contribution is 2.32. The summed E-state index contributed by atoms with van der Waals surface area (Å²) >= 11 is 6.36. The van der Waals surface area contributed by atoms with E-state index in [-0.39, 0.29) is 17.0 Å². The number of nitro benzene ring substituents is 1. The molecule has 0 aliphatic rings. The van der Waals surface area contributed by atoms with Gasteiger partial charge in [0.1, 0.15) is 0 Å². The minimum Gasteiger partial charge on any atom is -0.872 e. The first-order chi connectivity index (χ1) is 13.5. The Morgan fingerprint density at radius 3 is 2.50 bits per heavy atom. The molecule has 0 saturated carbocycles. The van der Waals surface area contributed by atoms with Gasteiger partial charge in [-0.3, -0.25) is 15.1 Å². The highest BCUT2D eigenvalue weighted by atomic mass is 35.5. The average Bonchev–Trinajstić information content (AvgIpc) is 2.70. The van der Waals surface area contributed by atoms with Crippen molar-refractivity contribution in [3.8, 4) is 11.8 Å². The molecule has 0 aliphatic carbocycles. The molecule has 0 aromatic heterocycles. The van der Waals surface area contributed by atoms with Crippen LogP contribution in [0.5, 0.6) is 5.75 Å². The summed E-state index contributed by atoms with van der Waals surface area (Å²) in [7, 11) is 0. The molecule has 0 amide bonds. The fourth-order valence-corrected chi connectivity index (χ4v) is 2.98. The van der Waals surface area contributed by atoms with Gasteiger partial charge in [0.2, 0.25) is 0 Å². The third-order valence-electron chi connectivity index (χ3n) is 4.11. The first-order valence-electron chi connectivity index (χ1n) is 8.23. The molecule has 0 unspecified atom stereocenters. The lowest BCUT2D eigenvalue weighted by Crippen LogP contribution is -1.99. The second-order valence-electron chi connectivity index (χ2n) is 5.92. The fraction of sp³-hybridized carbons (Fsp3) is 0.0476. The Morgan fingerprint density at radius 1 is 1.11 bits per heavy atom. The zero-order valence-electron chi connectivity index (χ0n) is 14.4. The summed E-state index contributed by atoms with van der Waals surface area (Å²) in [5.41, 5.74) is 1.86. The van der Waals surface area contributed by atoms with Gasteiger partial charge in [-0.25, -0.2) is 0 Å². The van der Waals surface area contributed by atoms with Gasteiger partial charge in [-0.05, 0) is 28.8 Å². The molecule has 0 bridgehead atoms. The van der Waals surface area contributed by atoms with Crippen LogP contribution in [0.25, 0.3) is 0 Å². The third kappa shape index (κ3) is 4.17. The van der Waals surface area contributed by atoms with Crippen LogP contribution >= 0.6 is 11.6 Å². The molecule has 3 rings (SSSR count). The minimum absolute atomic E-state index is 0.105. The Hall–Kier alpha value is -3.69. The molecule has 0 saturated heterocycles. The quantitative estimate of drug-likeness (QED) is 0.357. The lowest BCUT2D eigenvalue weighted by atomic mass is 9.92. The van der Waals surface area contributed by atoms with E-state index in [9.17, 15) is 20.5 Å². The maximum Gasteiger partial charge on any atom is 0.270 e. The Labute approximate surface area is 166 Å². The van der Waals surface area contributed by atoms with Gasteiger partial charge in [0.05, 0.1) is 22.6 Å². The maximum absolute atomic E-state index is 11.8. The van der Waals surface area contributed by atoms with Crippen molar-refractivity contribution < 1.29 is 10.0 Å². The summed E-state index contributed by atoms with van der Waals surface area (Å²) in [4.78, 5) is 14.5. The Balaban J connectivity index is 1.89. The monoisotopic (exact) mass is 390 g/mol. The molecular weight excluding hydrogens is 378 g/mol. The number of halogens is 1. The highest BCUT2D eigenvalue weighted by Gasteiger charge is 2.16. The van der Waals surface area contributed by atoms with E-state index in [4.69, 9.17) is 11.6 Å². The van der Waals surface area contributed by atoms with Gasteiger partial charge in [-0.15, -0.1) is 0 Å². The molecule has 0 N–H and O–H groups in total. The SMILES string of the molecule is N#C[C@@H](c1ccccc1)c1ccc(N=Cc2cc([N+](=O)[O-])ccc2[O-])cc1Cl. The molecular formula is C21H13ClN3O3-. The number of hydrogen-bond acceptors (Lipinski definition) is 5. The number of non-ortho nitro benzene ring substituents is 1. The van der Waals surface area contributed by atoms with E-state index in [0.29, 0.717) is 16.3 Å². The molecule has 28 heavy (non-hydrogen) atoms. The zero-order chi connectivity index (χ0) is 20.1. The first kappa shape index (κ1) is 19.1. The number of hydrogen-bond donors (Lipinski definition) is 0. The van der Waals surface area contributed by atoms with E-state index in [1.54, 1.807) is 18.2 Å². The molecule has 0 radical (unpaired) electrons. The predicted octanol–water partition coefficient (Wildman–Crippen LogP) is 4.73. The largest absolute Gasteiger partial charge is 0.872 e. The zero-order valence-corrected chi connectivity index (χ0v) is 15.2. The van der Waals surface area contributed by atoms with Crippen LogP contribution in [0.2, 0.25) is 5.02 Å². The topological polar surface area (TPSA) is 102 Å². The van der Waals surface area contributed by atoms with Gasteiger partial charge in [-0.2, -0.15) is 5.26 Å². The number of nitro groups is 1. The summed E-state index contributed by atoms with van der Waals surface area (Å²) < 4.78 is 0. The highest BCUT2D eigenvalue weighted by molar-refractivity contribution is 6.31. The molecule has 0 spiro atoms. The maximum atomic E-state index is 11.8. The normalized spacial score (nSPS) is 11.9. The average molecular weight is 391 g/mol. The molecule has 0 heterocycles. The molecule has 3 aromatic carbocycles.